The van der Waals surface area contributed by atoms with Gasteiger partial charge in [0.05, 0.1) is 5.56 Å². The molecule has 0 atom stereocenters. The molecule has 9 nitrogen and oxygen atoms in total. The molecule has 0 bridgehead atoms. The molecule has 2 amide bonds. The first kappa shape index (κ1) is 22.8. The molecule has 10 heteroatoms. The maximum Gasteiger partial charge on any atom is 0.293 e. The van der Waals surface area contributed by atoms with Crippen molar-refractivity contribution in [3.63, 3.8) is 0 Å². The van der Waals surface area contributed by atoms with Crippen molar-refractivity contribution in [3.05, 3.63) is 22.3 Å². The van der Waals surface area contributed by atoms with Crippen molar-refractivity contribution < 1.29 is 19.1 Å². The van der Waals surface area contributed by atoms with Crippen LogP contribution in [0.4, 0.5) is 5.82 Å². The molecule has 1 aliphatic heterocycles. The lowest BCUT2D eigenvalue weighted by Crippen LogP contribution is -2.46. The summed E-state index contributed by atoms with van der Waals surface area (Å²) >= 11 is 3.21. The number of amides is 2. The highest BCUT2D eigenvalue weighted by Crippen LogP contribution is 2.15. The molecule has 0 spiro atoms. The number of ether oxygens (including phenoxy) is 1. The molecule has 2 heterocycles. The van der Waals surface area contributed by atoms with Gasteiger partial charge in [0, 0.05) is 16.6 Å². The predicted molar refractivity (Wildman–Crippen MR) is 104 cm³/mol. The van der Waals surface area contributed by atoms with Gasteiger partial charge in [0.15, 0.2) is 0 Å². The maximum atomic E-state index is 11.9. The van der Waals surface area contributed by atoms with E-state index in [0.29, 0.717) is 10.9 Å². The minimum Gasteiger partial charge on any atom is -0.462 e. The number of nitrogens with zero attached hydrogens (tertiary/aromatic N) is 1. The van der Waals surface area contributed by atoms with Crippen LogP contribution in [-0.2, 0) is 14.3 Å². The van der Waals surface area contributed by atoms with Crippen molar-refractivity contribution >= 4 is 40.0 Å². The summed E-state index contributed by atoms with van der Waals surface area (Å²) in [5.74, 6) is -0.628. The molecule has 0 unspecified atom stereocenters. The Morgan fingerprint density at radius 2 is 1.96 bits per heavy atom. The first-order valence-electron chi connectivity index (χ1n) is 8.47. The Morgan fingerprint density at radius 3 is 2.48 bits per heavy atom. The predicted octanol–water partition coefficient (Wildman–Crippen LogP) is 1.14. The fourth-order valence-electron chi connectivity index (χ4n) is 2.15. The lowest BCUT2D eigenvalue weighted by molar-refractivity contribution is -0.138. The molecule has 5 N–H and O–H groups in total. The molecule has 1 aromatic heterocycles. The standard InChI is InChI=1S/C12H16BrN5O2.C5H10O2/c13-8-5-9(10(14)16-6-8)12(20)18-17-11(19)7-1-3-15-4-2-7;1-5(2,3)7-4-6/h5-7,15H,1-4H2,(H2,14,16)(H,17,19)(H,18,20);4H,1-3H3. The van der Waals surface area contributed by atoms with Crippen LogP contribution >= 0.6 is 15.9 Å². The highest BCUT2D eigenvalue weighted by Gasteiger charge is 2.21. The number of carbonyl (C=O) groups excluding carboxylic acids is 3. The summed E-state index contributed by atoms with van der Waals surface area (Å²) in [5.41, 5.74) is 10.3. The van der Waals surface area contributed by atoms with E-state index in [1.165, 1.54) is 6.20 Å². The monoisotopic (exact) mass is 443 g/mol. The third-order valence-electron chi connectivity index (χ3n) is 3.54. The first-order valence-corrected chi connectivity index (χ1v) is 9.26. The van der Waals surface area contributed by atoms with Crippen molar-refractivity contribution in [1.82, 2.24) is 21.2 Å². The van der Waals surface area contributed by atoms with Crippen molar-refractivity contribution in [2.75, 3.05) is 18.8 Å². The summed E-state index contributed by atoms with van der Waals surface area (Å²) in [6, 6.07) is 1.55. The zero-order chi connectivity index (χ0) is 20.4. The Balaban J connectivity index is 0.000000445. The van der Waals surface area contributed by atoms with Crippen LogP contribution in [0.1, 0.15) is 44.0 Å². The molecule has 27 heavy (non-hydrogen) atoms. The summed E-state index contributed by atoms with van der Waals surface area (Å²) in [6.07, 6.45) is 3.03. The molecule has 1 saturated heterocycles. The summed E-state index contributed by atoms with van der Waals surface area (Å²) in [4.78, 5) is 37.3. The topological polar surface area (TPSA) is 135 Å². The number of piperidine rings is 1. The third kappa shape index (κ3) is 8.83. The minimum atomic E-state index is -0.487. The second-order valence-corrected chi connectivity index (χ2v) is 7.80. The quantitative estimate of drug-likeness (QED) is 0.406. The van der Waals surface area contributed by atoms with Gasteiger partial charge >= 0.3 is 0 Å². The molecule has 1 fully saturated rings. The van der Waals surface area contributed by atoms with Crippen molar-refractivity contribution in [3.8, 4) is 0 Å². The van der Waals surface area contributed by atoms with Gasteiger partial charge < -0.3 is 15.8 Å². The number of nitrogens with two attached hydrogens (primary N) is 1. The van der Waals surface area contributed by atoms with E-state index in [2.05, 4.69) is 41.8 Å². The highest BCUT2D eigenvalue weighted by molar-refractivity contribution is 9.10. The van der Waals surface area contributed by atoms with E-state index >= 15 is 0 Å². The lowest BCUT2D eigenvalue weighted by Gasteiger charge is -2.21. The average Bonchev–Trinajstić information content (AvgIpc) is 2.61. The van der Waals surface area contributed by atoms with E-state index in [1.54, 1.807) is 6.07 Å². The average molecular weight is 444 g/mol. The molecular weight excluding hydrogens is 418 g/mol. The van der Waals surface area contributed by atoms with Gasteiger partial charge in [-0.15, -0.1) is 0 Å². The Bertz CT molecular complexity index is 657. The number of halogens is 1. The van der Waals surface area contributed by atoms with Crippen LogP contribution in [0.15, 0.2) is 16.7 Å². The molecule has 150 valence electrons. The van der Waals surface area contributed by atoms with Crippen molar-refractivity contribution in [1.29, 1.82) is 0 Å². The van der Waals surface area contributed by atoms with Crippen LogP contribution in [0, 0.1) is 5.92 Å². The third-order valence-corrected chi connectivity index (χ3v) is 3.97. The van der Waals surface area contributed by atoms with Gasteiger partial charge in [0.1, 0.15) is 11.4 Å². The zero-order valence-electron chi connectivity index (χ0n) is 15.7. The second-order valence-electron chi connectivity index (χ2n) is 6.88. The summed E-state index contributed by atoms with van der Waals surface area (Å²) in [5, 5.41) is 3.18. The number of hydrazine groups is 1. The Morgan fingerprint density at radius 1 is 1.33 bits per heavy atom. The number of hydrogen-bond acceptors (Lipinski definition) is 7. The number of aromatic nitrogens is 1. The minimum absolute atomic E-state index is 0.0745. The molecule has 0 aromatic carbocycles. The van der Waals surface area contributed by atoms with E-state index in [1.807, 2.05) is 20.8 Å². The summed E-state index contributed by atoms with van der Waals surface area (Å²) in [7, 11) is 0. The van der Waals surface area contributed by atoms with Gasteiger partial charge in [-0.05, 0) is 68.7 Å². The zero-order valence-corrected chi connectivity index (χ0v) is 17.3. The summed E-state index contributed by atoms with van der Waals surface area (Å²) < 4.78 is 5.19. The molecule has 0 saturated carbocycles. The first-order chi connectivity index (χ1) is 12.6. The van der Waals surface area contributed by atoms with Gasteiger partial charge in [-0.25, -0.2) is 4.98 Å². The largest absolute Gasteiger partial charge is 0.462 e. The van der Waals surface area contributed by atoms with Crippen molar-refractivity contribution in [2.24, 2.45) is 5.92 Å². The molecule has 0 aliphatic carbocycles. The van der Waals surface area contributed by atoms with Gasteiger partial charge in [-0.1, -0.05) is 0 Å². The van der Waals surface area contributed by atoms with Crippen LogP contribution in [0.2, 0.25) is 0 Å². The normalized spacial score (nSPS) is 14.4. The Kier molecular flexibility index (Phi) is 9.16. The van der Waals surface area contributed by atoms with Crippen LogP contribution in [0.5, 0.6) is 0 Å². The Labute approximate surface area is 166 Å². The van der Waals surface area contributed by atoms with Gasteiger partial charge in [-0.2, -0.15) is 0 Å². The van der Waals surface area contributed by atoms with Gasteiger partial charge in [-0.3, -0.25) is 25.2 Å². The maximum absolute atomic E-state index is 11.9. The van der Waals surface area contributed by atoms with Crippen LogP contribution in [0.25, 0.3) is 0 Å². The number of rotatable bonds is 3. The second kappa shape index (κ2) is 10.8. The molecule has 1 aromatic rings. The number of anilines is 1. The molecular formula is C17H26BrN5O4. The fraction of sp³-hybridized carbons (Fsp3) is 0.529. The van der Waals surface area contributed by atoms with E-state index < -0.39 is 5.91 Å². The van der Waals surface area contributed by atoms with E-state index in [-0.39, 0.29) is 28.8 Å². The number of pyridine rings is 1. The number of carbonyl (C=O) groups is 3. The van der Waals surface area contributed by atoms with Gasteiger partial charge in [0.2, 0.25) is 5.91 Å². The SMILES string of the molecule is CC(C)(C)OC=O.Nc1ncc(Br)cc1C(=O)NNC(=O)C1CCNCC1. The van der Waals surface area contributed by atoms with E-state index in [9.17, 15) is 14.4 Å². The Hall–Kier alpha value is -2.20. The van der Waals surface area contributed by atoms with Crippen LogP contribution in [-0.4, -0.2) is 42.0 Å². The van der Waals surface area contributed by atoms with Crippen molar-refractivity contribution in [2.45, 2.75) is 39.2 Å². The number of nitrogen functional groups attached to an aromatic ring is 1. The smallest absolute Gasteiger partial charge is 0.293 e. The lowest BCUT2D eigenvalue weighted by atomic mass is 9.98. The van der Waals surface area contributed by atoms with E-state index in [0.717, 1.165) is 25.9 Å². The molecule has 0 radical (unpaired) electrons. The molecule has 1 aliphatic rings. The van der Waals surface area contributed by atoms with Crippen LogP contribution < -0.4 is 21.9 Å². The highest BCUT2D eigenvalue weighted by atomic mass is 79.9. The van der Waals surface area contributed by atoms with E-state index in [4.69, 9.17) is 5.73 Å². The number of nitrogens with one attached hydrogen (secondary N) is 3. The van der Waals surface area contributed by atoms with Gasteiger partial charge in [0.25, 0.3) is 12.4 Å². The van der Waals surface area contributed by atoms with Crippen LogP contribution in [0.3, 0.4) is 0 Å². The fourth-order valence-corrected chi connectivity index (χ4v) is 2.48. The summed E-state index contributed by atoms with van der Waals surface area (Å²) in [6.45, 7) is 7.55. The number of hydrogen-bond donors (Lipinski definition) is 4. The molecule has 2 rings (SSSR count).